The van der Waals surface area contributed by atoms with E-state index in [-0.39, 0.29) is 16.8 Å². The van der Waals surface area contributed by atoms with Crippen LogP contribution < -0.4 is 5.32 Å². The third kappa shape index (κ3) is 4.85. The van der Waals surface area contributed by atoms with E-state index >= 15 is 0 Å². The van der Waals surface area contributed by atoms with Crippen LogP contribution in [0.2, 0.25) is 0 Å². The number of halogens is 1. The molecule has 2 aromatic rings. The lowest BCUT2D eigenvalue weighted by atomic mass is 9.72. The van der Waals surface area contributed by atoms with Gasteiger partial charge in [-0.05, 0) is 70.5 Å². The van der Waals surface area contributed by atoms with Crippen LogP contribution in [0.3, 0.4) is 0 Å². The van der Waals surface area contributed by atoms with E-state index in [4.69, 9.17) is 0 Å². The topological polar surface area (TPSA) is 41.1 Å². The van der Waals surface area contributed by atoms with Crippen molar-refractivity contribution in [1.29, 1.82) is 0 Å². The second kappa shape index (κ2) is 7.84. The molecule has 2 aromatic heterocycles. The quantitative estimate of drug-likeness (QED) is 0.717. The molecule has 0 bridgehead atoms. The first kappa shape index (κ1) is 20.2. The molecular weight excluding hydrogens is 359 g/mol. The van der Waals surface area contributed by atoms with Crippen molar-refractivity contribution in [1.82, 2.24) is 14.9 Å². The first-order valence-electron chi connectivity index (χ1n) is 9.79. The Morgan fingerprint density at radius 2 is 2.15 bits per heavy atom. The molecule has 1 fully saturated rings. The molecule has 4 nitrogen and oxygen atoms in total. The Bertz CT molecular complexity index is 756. The van der Waals surface area contributed by atoms with Crippen LogP contribution >= 0.6 is 11.3 Å². The maximum atomic E-state index is 14.5. The Morgan fingerprint density at radius 3 is 2.78 bits per heavy atom. The summed E-state index contributed by atoms with van der Waals surface area (Å²) in [7, 11) is 0. The maximum absolute atomic E-state index is 14.5. The molecule has 3 rings (SSSR count). The SMILES string of the molecule is CCC1CC(C)(Cc2nc(Nc3nccs3)ccc2F)CCN1C(C)(C)C. The van der Waals surface area contributed by atoms with Crippen LogP contribution in [0.4, 0.5) is 15.3 Å². The molecule has 2 unspecified atom stereocenters. The Labute approximate surface area is 166 Å². The summed E-state index contributed by atoms with van der Waals surface area (Å²) < 4.78 is 14.5. The molecule has 6 heteroatoms. The zero-order valence-electron chi connectivity index (χ0n) is 17.1. The number of nitrogens with zero attached hydrogens (tertiary/aromatic N) is 3. The molecule has 1 aliphatic heterocycles. The van der Waals surface area contributed by atoms with Gasteiger partial charge in [0.05, 0.1) is 5.69 Å². The summed E-state index contributed by atoms with van der Waals surface area (Å²) in [4.78, 5) is 11.4. The third-order valence-electron chi connectivity index (χ3n) is 5.64. The number of likely N-dealkylation sites (tertiary alicyclic amines) is 1. The Kier molecular flexibility index (Phi) is 5.87. The highest BCUT2D eigenvalue weighted by Gasteiger charge is 2.40. The second-order valence-corrected chi connectivity index (χ2v) is 9.85. The van der Waals surface area contributed by atoms with Crippen molar-refractivity contribution < 1.29 is 4.39 Å². The van der Waals surface area contributed by atoms with Gasteiger partial charge in [0.25, 0.3) is 0 Å². The molecule has 148 valence electrons. The summed E-state index contributed by atoms with van der Waals surface area (Å²) in [5.41, 5.74) is 0.789. The van der Waals surface area contributed by atoms with E-state index in [1.54, 1.807) is 12.3 Å². The van der Waals surface area contributed by atoms with Crippen LogP contribution in [-0.2, 0) is 6.42 Å². The minimum Gasteiger partial charge on any atom is -0.316 e. The van der Waals surface area contributed by atoms with Gasteiger partial charge >= 0.3 is 0 Å². The number of nitrogens with one attached hydrogen (secondary N) is 1. The standard InChI is InChI=1S/C21H31FN4S/c1-6-15-13-21(5,9-11-26(15)20(2,3)4)14-17-16(22)7-8-18(24-17)25-19-23-10-12-27-19/h7-8,10,12,15H,6,9,11,13-14H2,1-5H3,(H,23,24,25). The van der Waals surface area contributed by atoms with Crippen molar-refractivity contribution in [2.45, 2.75) is 71.9 Å². The van der Waals surface area contributed by atoms with E-state index < -0.39 is 0 Å². The lowest BCUT2D eigenvalue weighted by Gasteiger charge is -2.50. The minimum atomic E-state index is -0.216. The largest absolute Gasteiger partial charge is 0.316 e. The third-order valence-corrected chi connectivity index (χ3v) is 6.33. The maximum Gasteiger partial charge on any atom is 0.188 e. The van der Waals surface area contributed by atoms with Crippen molar-refractivity contribution in [2.75, 3.05) is 11.9 Å². The van der Waals surface area contributed by atoms with Gasteiger partial charge in [-0.15, -0.1) is 11.3 Å². The fourth-order valence-electron chi connectivity index (χ4n) is 4.24. The van der Waals surface area contributed by atoms with Crippen LogP contribution in [0.1, 0.15) is 59.6 Å². The van der Waals surface area contributed by atoms with E-state index in [2.05, 4.69) is 54.8 Å². The van der Waals surface area contributed by atoms with E-state index in [1.165, 1.54) is 17.4 Å². The second-order valence-electron chi connectivity index (χ2n) is 8.96. The number of thiazole rings is 1. The van der Waals surface area contributed by atoms with E-state index in [9.17, 15) is 4.39 Å². The predicted octanol–water partition coefficient (Wildman–Crippen LogP) is 5.64. The van der Waals surface area contributed by atoms with Crippen LogP contribution in [0, 0.1) is 11.2 Å². The molecule has 3 heterocycles. The van der Waals surface area contributed by atoms with Gasteiger partial charge in [-0.1, -0.05) is 13.8 Å². The lowest BCUT2D eigenvalue weighted by molar-refractivity contribution is -0.00380. The van der Waals surface area contributed by atoms with Crippen molar-refractivity contribution >= 4 is 22.3 Å². The Hall–Kier alpha value is -1.53. The molecule has 0 radical (unpaired) electrons. The summed E-state index contributed by atoms with van der Waals surface area (Å²) in [6.07, 6.45) is 5.67. The summed E-state index contributed by atoms with van der Waals surface area (Å²) in [5.74, 6) is 0.441. The van der Waals surface area contributed by atoms with E-state index in [1.807, 2.05) is 5.38 Å². The molecule has 0 amide bonds. The number of rotatable bonds is 5. The van der Waals surface area contributed by atoms with E-state index in [0.29, 0.717) is 24.0 Å². The Balaban J connectivity index is 1.76. The highest BCUT2D eigenvalue weighted by Crippen LogP contribution is 2.41. The van der Waals surface area contributed by atoms with Crippen molar-refractivity contribution in [2.24, 2.45) is 5.41 Å². The van der Waals surface area contributed by atoms with Gasteiger partial charge in [0.1, 0.15) is 11.6 Å². The average Bonchev–Trinajstić information content (AvgIpc) is 3.09. The normalized spacial score (nSPS) is 24.1. The van der Waals surface area contributed by atoms with Crippen LogP contribution in [0.15, 0.2) is 23.7 Å². The first-order valence-corrected chi connectivity index (χ1v) is 10.7. The van der Waals surface area contributed by atoms with E-state index in [0.717, 1.165) is 30.9 Å². The predicted molar refractivity (Wildman–Crippen MR) is 111 cm³/mol. The van der Waals surface area contributed by atoms with Crippen LogP contribution in [0.25, 0.3) is 0 Å². The van der Waals surface area contributed by atoms with Gasteiger partial charge in [-0.3, -0.25) is 4.90 Å². The minimum absolute atomic E-state index is 0.0655. The summed E-state index contributed by atoms with van der Waals surface area (Å²) in [6, 6.07) is 3.73. The van der Waals surface area contributed by atoms with Crippen molar-refractivity contribution in [3.63, 3.8) is 0 Å². The summed E-state index contributed by atoms with van der Waals surface area (Å²) in [5, 5.41) is 5.85. The average molecular weight is 391 g/mol. The molecule has 0 aliphatic carbocycles. The molecule has 1 N–H and O–H groups in total. The molecule has 1 aliphatic rings. The van der Waals surface area contributed by atoms with Crippen LogP contribution in [-0.4, -0.2) is 33.0 Å². The number of hydrogen-bond acceptors (Lipinski definition) is 5. The summed E-state index contributed by atoms with van der Waals surface area (Å²) in [6.45, 7) is 12.5. The summed E-state index contributed by atoms with van der Waals surface area (Å²) >= 11 is 1.51. The van der Waals surface area contributed by atoms with Gasteiger partial charge in [-0.2, -0.15) is 0 Å². The van der Waals surface area contributed by atoms with Gasteiger partial charge in [0.15, 0.2) is 5.13 Å². The molecule has 2 atom stereocenters. The van der Waals surface area contributed by atoms with Crippen molar-refractivity contribution in [3.05, 3.63) is 35.2 Å². The monoisotopic (exact) mass is 390 g/mol. The smallest absolute Gasteiger partial charge is 0.188 e. The molecule has 0 aromatic carbocycles. The van der Waals surface area contributed by atoms with Gasteiger partial charge in [0, 0.05) is 23.2 Å². The fourth-order valence-corrected chi connectivity index (χ4v) is 4.78. The fraction of sp³-hybridized carbons (Fsp3) is 0.619. The zero-order chi connectivity index (χ0) is 19.7. The molecule has 0 saturated carbocycles. The van der Waals surface area contributed by atoms with Gasteiger partial charge < -0.3 is 5.32 Å². The number of anilines is 2. The number of hydrogen-bond donors (Lipinski definition) is 1. The molecule has 0 spiro atoms. The van der Waals surface area contributed by atoms with Crippen molar-refractivity contribution in [3.8, 4) is 0 Å². The number of piperidine rings is 1. The molecule has 27 heavy (non-hydrogen) atoms. The lowest BCUT2D eigenvalue weighted by Crippen LogP contribution is -2.54. The van der Waals surface area contributed by atoms with Gasteiger partial charge in [-0.25, -0.2) is 14.4 Å². The molecular formula is C21H31FN4S. The zero-order valence-corrected chi connectivity index (χ0v) is 17.9. The Morgan fingerprint density at radius 1 is 1.37 bits per heavy atom. The first-order chi connectivity index (χ1) is 12.7. The van der Waals surface area contributed by atoms with Gasteiger partial charge in [0.2, 0.25) is 0 Å². The van der Waals surface area contributed by atoms with Crippen LogP contribution in [0.5, 0.6) is 0 Å². The number of pyridine rings is 1. The highest BCUT2D eigenvalue weighted by atomic mass is 32.1. The number of aromatic nitrogens is 2. The highest BCUT2D eigenvalue weighted by molar-refractivity contribution is 7.13. The molecule has 1 saturated heterocycles.